The quantitative estimate of drug-likeness (QED) is 0.490. The average molecular weight is 476 g/mol. The van der Waals surface area contributed by atoms with Crippen LogP contribution in [0.15, 0.2) is 57.5 Å². The fraction of sp³-hybridized carbons (Fsp3) is 0.100. The maximum Gasteiger partial charge on any atom is 0.248 e. The molecule has 132 valence electrons. The number of halogens is 2. The molecule has 1 N–H and O–H groups in total. The van der Waals surface area contributed by atoms with E-state index in [1.165, 1.54) is 6.08 Å². The van der Waals surface area contributed by atoms with Crippen LogP contribution >= 0.6 is 31.9 Å². The molecule has 0 saturated carbocycles. The van der Waals surface area contributed by atoms with E-state index in [0.29, 0.717) is 5.75 Å². The number of hydrogen-bond donors (Lipinski definition) is 1. The lowest BCUT2D eigenvalue weighted by Crippen LogP contribution is -2.08. The molecule has 26 heavy (non-hydrogen) atoms. The first-order valence-electron chi connectivity index (χ1n) is 7.86. The third-order valence-corrected chi connectivity index (χ3v) is 4.83. The molecule has 0 saturated heterocycles. The van der Waals surface area contributed by atoms with Gasteiger partial charge in [-0.1, -0.05) is 22.0 Å². The number of ether oxygens (including phenoxy) is 1. The monoisotopic (exact) mass is 474 g/mol. The molecule has 0 unspecified atom stereocenters. The molecule has 0 aliphatic heterocycles. The first-order valence-corrected chi connectivity index (χ1v) is 9.45. The number of methoxy groups -OCH3 is 1. The maximum absolute atomic E-state index is 12.4. The van der Waals surface area contributed by atoms with E-state index in [0.717, 1.165) is 36.8 Å². The van der Waals surface area contributed by atoms with Gasteiger partial charge < -0.3 is 10.1 Å². The zero-order chi connectivity index (χ0) is 18.7. The third kappa shape index (κ3) is 4.14. The number of pyridine rings is 1. The number of nitrogens with one attached hydrogen (secondary N) is 1. The summed E-state index contributed by atoms with van der Waals surface area (Å²) >= 11 is 6.90. The summed E-state index contributed by atoms with van der Waals surface area (Å²) in [4.78, 5) is 16.9. The van der Waals surface area contributed by atoms with Gasteiger partial charge in [0.15, 0.2) is 0 Å². The summed E-state index contributed by atoms with van der Waals surface area (Å²) in [5.74, 6) is 0.443. The summed E-state index contributed by atoms with van der Waals surface area (Å²) < 4.78 is 7.09. The lowest BCUT2D eigenvalue weighted by atomic mass is 10.1. The van der Waals surface area contributed by atoms with E-state index in [2.05, 4.69) is 42.2 Å². The van der Waals surface area contributed by atoms with Crippen LogP contribution in [0.4, 0.5) is 5.69 Å². The van der Waals surface area contributed by atoms with Gasteiger partial charge in [0.1, 0.15) is 5.75 Å². The zero-order valence-electron chi connectivity index (χ0n) is 14.2. The molecule has 0 aliphatic rings. The fourth-order valence-corrected chi connectivity index (χ4v) is 4.05. The molecule has 3 rings (SSSR count). The van der Waals surface area contributed by atoms with E-state index < -0.39 is 0 Å². The van der Waals surface area contributed by atoms with Crippen LogP contribution in [0.2, 0.25) is 0 Å². The van der Waals surface area contributed by atoms with Gasteiger partial charge in [-0.15, -0.1) is 0 Å². The van der Waals surface area contributed by atoms with Crippen LogP contribution in [-0.2, 0) is 4.79 Å². The minimum absolute atomic E-state index is 0.226. The van der Waals surface area contributed by atoms with E-state index >= 15 is 0 Å². The number of nitrogens with zero attached hydrogens (tertiary/aromatic N) is 1. The molecule has 6 heteroatoms. The fourth-order valence-electron chi connectivity index (χ4n) is 2.63. The number of carbonyl (C=O) groups excluding carboxylic acids is 1. The molecule has 0 spiro atoms. The minimum atomic E-state index is -0.226. The zero-order valence-corrected chi connectivity index (χ0v) is 17.4. The van der Waals surface area contributed by atoms with E-state index in [-0.39, 0.29) is 5.91 Å². The smallest absolute Gasteiger partial charge is 0.248 e. The van der Waals surface area contributed by atoms with Crippen LogP contribution in [0, 0.1) is 6.92 Å². The molecule has 4 nitrogen and oxygen atoms in total. The Morgan fingerprint density at radius 3 is 2.77 bits per heavy atom. The first-order chi connectivity index (χ1) is 12.5. The van der Waals surface area contributed by atoms with E-state index in [1.54, 1.807) is 13.2 Å². The summed E-state index contributed by atoms with van der Waals surface area (Å²) in [6, 6.07) is 13.3. The number of fused-ring (bicyclic) bond motifs is 1. The lowest BCUT2D eigenvalue weighted by molar-refractivity contribution is -0.111. The van der Waals surface area contributed by atoms with E-state index in [9.17, 15) is 4.79 Å². The van der Waals surface area contributed by atoms with Gasteiger partial charge in [0, 0.05) is 27.2 Å². The van der Waals surface area contributed by atoms with Crippen LogP contribution in [0.1, 0.15) is 11.3 Å². The van der Waals surface area contributed by atoms with Crippen molar-refractivity contribution in [3.8, 4) is 5.75 Å². The summed E-state index contributed by atoms with van der Waals surface area (Å²) in [5, 5.41) is 3.82. The number of anilines is 1. The van der Waals surface area contributed by atoms with Crippen LogP contribution in [-0.4, -0.2) is 18.0 Å². The molecule has 0 aliphatic carbocycles. The number of aromatic nitrogens is 1. The summed E-state index contributed by atoms with van der Waals surface area (Å²) in [6.07, 6.45) is 3.20. The summed E-state index contributed by atoms with van der Waals surface area (Å²) in [6.45, 7) is 1.94. The molecule has 0 bridgehead atoms. The number of carbonyl (C=O) groups is 1. The van der Waals surface area contributed by atoms with Gasteiger partial charge in [-0.25, -0.2) is 0 Å². The number of benzene rings is 2. The van der Waals surface area contributed by atoms with Gasteiger partial charge in [0.25, 0.3) is 0 Å². The van der Waals surface area contributed by atoms with Crippen molar-refractivity contribution < 1.29 is 9.53 Å². The van der Waals surface area contributed by atoms with Crippen molar-refractivity contribution in [2.75, 3.05) is 12.4 Å². The van der Waals surface area contributed by atoms with Crippen LogP contribution < -0.4 is 10.1 Å². The van der Waals surface area contributed by atoms with Crippen molar-refractivity contribution in [3.63, 3.8) is 0 Å². The predicted octanol–water partition coefficient (Wildman–Crippen LogP) is 5.73. The standard InChI is InChI=1S/C20H16Br2N2O2/c1-12-6-8-15-17(23-12)4-3-5-18(15)24-19(25)9-7-13-10-14(21)11-16(22)20(13)26-2/h3-11H,1-2H3,(H,24,25)/b9-7+. The maximum atomic E-state index is 12.4. The number of aryl methyl sites for hydroxylation is 1. The highest BCUT2D eigenvalue weighted by Crippen LogP contribution is 2.33. The second-order valence-electron chi connectivity index (χ2n) is 5.66. The molecule has 0 radical (unpaired) electrons. The second-order valence-corrected chi connectivity index (χ2v) is 7.43. The Morgan fingerprint density at radius 2 is 2.00 bits per heavy atom. The number of rotatable bonds is 4. The van der Waals surface area contributed by atoms with Crippen molar-refractivity contribution in [2.24, 2.45) is 0 Å². The normalized spacial score (nSPS) is 11.1. The SMILES string of the molecule is COc1c(Br)cc(Br)cc1/C=C/C(=O)Nc1cccc2nc(C)ccc12. The third-order valence-electron chi connectivity index (χ3n) is 3.78. The highest BCUT2D eigenvalue weighted by Gasteiger charge is 2.08. The minimum Gasteiger partial charge on any atom is -0.495 e. The van der Waals surface area contributed by atoms with Crippen molar-refractivity contribution in [3.05, 3.63) is 68.7 Å². The predicted molar refractivity (Wildman–Crippen MR) is 113 cm³/mol. The molecular formula is C20H16Br2N2O2. The largest absolute Gasteiger partial charge is 0.495 e. The van der Waals surface area contributed by atoms with E-state index in [4.69, 9.17) is 4.74 Å². The van der Waals surface area contributed by atoms with Crippen molar-refractivity contribution in [1.82, 2.24) is 4.98 Å². The van der Waals surface area contributed by atoms with Gasteiger partial charge >= 0.3 is 0 Å². The van der Waals surface area contributed by atoms with Gasteiger partial charge in [-0.05, 0) is 65.3 Å². The molecule has 2 aromatic carbocycles. The Kier molecular flexibility index (Phi) is 5.74. The molecule has 1 amide bonds. The number of hydrogen-bond acceptors (Lipinski definition) is 3. The Morgan fingerprint density at radius 1 is 1.19 bits per heavy atom. The Bertz CT molecular complexity index is 1020. The van der Waals surface area contributed by atoms with Crippen molar-refractivity contribution in [2.45, 2.75) is 6.92 Å². The Labute approximate surface area is 168 Å². The highest BCUT2D eigenvalue weighted by atomic mass is 79.9. The Hall–Kier alpha value is -2.18. The van der Waals surface area contributed by atoms with Crippen LogP contribution in [0.5, 0.6) is 5.75 Å². The average Bonchev–Trinajstić information content (AvgIpc) is 2.59. The van der Waals surface area contributed by atoms with Gasteiger partial charge in [-0.2, -0.15) is 0 Å². The molecule has 0 fully saturated rings. The second kappa shape index (κ2) is 8.01. The summed E-state index contributed by atoms with van der Waals surface area (Å²) in [5.41, 5.74) is 3.31. The molecule has 1 aromatic heterocycles. The van der Waals surface area contributed by atoms with Crippen LogP contribution in [0.3, 0.4) is 0 Å². The number of amides is 1. The van der Waals surface area contributed by atoms with Crippen molar-refractivity contribution in [1.29, 1.82) is 0 Å². The first kappa shape index (κ1) is 18.6. The van der Waals surface area contributed by atoms with Crippen LogP contribution in [0.25, 0.3) is 17.0 Å². The molecule has 1 heterocycles. The molecular weight excluding hydrogens is 460 g/mol. The van der Waals surface area contributed by atoms with Gasteiger partial charge in [-0.3, -0.25) is 9.78 Å². The van der Waals surface area contributed by atoms with Crippen molar-refractivity contribution >= 4 is 60.4 Å². The topological polar surface area (TPSA) is 51.2 Å². The highest BCUT2D eigenvalue weighted by molar-refractivity contribution is 9.11. The lowest BCUT2D eigenvalue weighted by Gasteiger charge is -2.09. The summed E-state index contributed by atoms with van der Waals surface area (Å²) in [7, 11) is 1.59. The molecule has 0 atom stereocenters. The van der Waals surface area contributed by atoms with Gasteiger partial charge in [0.2, 0.25) is 5.91 Å². The molecule has 3 aromatic rings. The van der Waals surface area contributed by atoms with Gasteiger partial charge in [0.05, 0.1) is 22.8 Å². The Balaban J connectivity index is 1.85. The van der Waals surface area contributed by atoms with E-state index in [1.807, 2.05) is 49.4 Å².